The molecule has 0 unspecified atom stereocenters. The number of carbonyl (C=O) groups is 1. The van der Waals surface area contributed by atoms with Crippen LogP contribution < -0.4 is 5.32 Å². The maximum atomic E-state index is 12.5. The number of nitrogens with one attached hydrogen (secondary N) is 1. The molecule has 3 rings (SSSR count). The number of nitrogens with zero attached hydrogens (tertiary/aromatic N) is 2. The number of nitriles is 1. The molecule has 0 radical (unpaired) electrons. The molecule has 0 bridgehead atoms. The lowest BCUT2D eigenvalue weighted by molar-refractivity contribution is -0.124. The fraction of sp³-hybridized carbons (Fsp3) is 0.579. The molecule has 122 valence electrons. The lowest BCUT2D eigenvalue weighted by atomic mass is 9.92. The second-order valence-corrected chi connectivity index (χ2v) is 6.89. The van der Waals surface area contributed by atoms with E-state index in [0.717, 1.165) is 45.2 Å². The van der Waals surface area contributed by atoms with Crippen molar-refractivity contribution in [3.05, 3.63) is 35.4 Å². The van der Waals surface area contributed by atoms with E-state index < -0.39 is 5.54 Å². The van der Waals surface area contributed by atoms with Gasteiger partial charge in [0.2, 0.25) is 5.91 Å². The summed E-state index contributed by atoms with van der Waals surface area (Å²) in [4.78, 5) is 14.6. The van der Waals surface area contributed by atoms with Crippen molar-refractivity contribution in [3.8, 4) is 6.07 Å². The average molecular weight is 311 g/mol. The largest absolute Gasteiger partial charge is 0.337 e. The van der Waals surface area contributed by atoms with E-state index in [2.05, 4.69) is 40.6 Å². The molecule has 0 spiro atoms. The van der Waals surface area contributed by atoms with Gasteiger partial charge in [-0.3, -0.25) is 9.69 Å². The Bertz CT molecular complexity index is 597. The van der Waals surface area contributed by atoms with Crippen LogP contribution in [0.2, 0.25) is 0 Å². The fourth-order valence-corrected chi connectivity index (χ4v) is 3.80. The Morgan fingerprint density at radius 1 is 1.17 bits per heavy atom. The maximum Gasteiger partial charge on any atom is 0.235 e. The standard InChI is InChI=1S/C19H25N3O/c20-15-19(10-5-1-2-6-11-19)21-18(23)14-22-12-9-16-7-3-4-8-17(16)13-22/h3-4,7-8H,1-2,5-6,9-14H2,(H,21,23). The van der Waals surface area contributed by atoms with Crippen molar-refractivity contribution in [2.45, 2.75) is 57.0 Å². The highest BCUT2D eigenvalue weighted by atomic mass is 16.2. The van der Waals surface area contributed by atoms with Gasteiger partial charge in [0, 0.05) is 13.1 Å². The summed E-state index contributed by atoms with van der Waals surface area (Å²) in [6, 6.07) is 10.8. The van der Waals surface area contributed by atoms with Crippen molar-refractivity contribution < 1.29 is 4.79 Å². The van der Waals surface area contributed by atoms with E-state index in [4.69, 9.17) is 0 Å². The first-order chi connectivity index (χ1) is 11.2. The zero-order valence-corrected chi connectivity index (χ0v) is 13.7. The van der Waals surface area contributed by atoms with Crippen LogP contribution in [0.5, 0.6) is 0 Å². The van der Waals surface area contributed by atoms with E-state index in [1.165, 1.54) is 24.0 Å². The number of carbonyl (C=O) groups excluding carboxylic acids is 1. The van der Waals surface area contributed by atoms with E-state index in [-0.39, 0.29) is 5.91 Å². The summed E-state index contributed by atoms with van der Waals surface area (Å²) >= 11 is 0. The van der Waals surface area contributed by atoms with E-state index >= 15 is 0 Å². The maximum absolute atomic E-state index is 12.5. The number of hydrogen-bond acceptors (Lipinski definition) is 3. The van der Waals surface area contributed by atoms with Crippen molar-refractivity contribution in [2.24, 2.45) is 0 Å². The first-order valence-corrected chi connectivity index (χ1v) is 8.72. The minimum atomic E-state index is -0.638. The van der Waals surface area contributed by atoms with Gasteiger partial charge in [-0.2, -0.15) is 5.26 Å². The molecule has 1 amide bonds. The van der Waals surface area contributed by atoms with Crippen LogP contribution in [-0.2, 0) is 17.8 Å². The number of fused-ring (bicyclic) bond motifs is 1. The van der Waals surface area contributed by atoms with Gasteiger partial charge in [0.05, 0.1) is 12.6 Å². The van der Waals surface area contributed by atoms with Crippen molar-refractivity contribution in [1.82, 2.24) is 10.2 Å². The van der Waals surface area contributed by atoms with Crippen LogP contribution >= 0.6 is 0 Å². The van der Waals surface area contributed by atoms with Crippen LogP contribution in [0.4, 0.5) is 0 Å². The van der Waals surface area contributed by atoms with Gasteiger partial charge in [-0.05, 0) is 30.4 Å². The highest BCUT2D eigenvalue weighted by Crippen LogP contribution is 2.26. The zero-order chi connectivity index (χ0) is 16.1. The molecule has 1 aliphatic heterocycles. The summed E-state index contributed by atoms with van der Waals surface area (Å²) in [6.07, 6.45) is 6.98. The third-order valence-corrected chi connectivity index (χ3v) is 5.13. The van der Waals surface area contributed by atoms with Gasteiger partial charge < -0.3 is 5.32 Å². The predicted molar refractivity (Wildman–Crippen MR) is 89.6 cm³/mol. The van der Waals surface area contributed by atoms with Crippen LogP contribution in [0.1, 0.15) is 49.7 Å². The quantitative estimate of drug-likeness (QED) is 0.873. The van der Waals surface area contributed by atoms with Gasteiger partial charge in [-0.1, -0.05) is 49.9 Å². The topological polar surface area (TPSA) is 56.1 Å². The summed E-state index contributed by atoms with van der Waals surface area (Å²) in [6.45, 7) is 2.12. The molecule has 4 heteroatoms. The number of benzene rings is 1. The molecule has 1 aromatic carbocycles. The normalized spacial score (nSPS) is 20.8. The van der Waals surface area contributed by atoms with Gasteiger partial charge in [0.1, 0.15) is 5.54 Å². The molecular formula is C19H25N3O. The number of hydrogen-bond donors (Lipinski definition) is 1. The van der Waals surface area contributed by atoms with Gasteiger partial charge in [0.15, 0.2) is 0 Å². The third kappa shape index (κ3) is 3.92. The van der Waals surface area contributed by atoms with Gasteiger partial charge in [-0.15, -0.1) is 0 Å². The summed E-state index contributed by atoms with van der Waals surface area (Å²) in [7, 11) is 0. The Labute approximate surface area is 138 Å². The number of amides is 1. The van der Waals surface area contributed by atoms with Gasteiger partial charge in [-0.25, -0.2) is 0 Å². The molecule has 0 saturated heterocycles. The van der Waals surface area contributed by atoms with Gasteiger partial charge in [0.25, 0.3) is 0 Å². The molecule has 0 aromatic heterocycles. The average Bonchev–Trinajstić information content (AvgIpc) is 2.80. The summed E-state index contributed by atoms with van der Waals surface area (Å²) in [5.41, 5.74) is 2.07. The Morgan fingerprint density at radius 3 is 2.57 bits per heavy atom. The Morgan fingerprint density at radius 2 is 1.87 bits per heavy atom. The second kappa shape index (κ2) is 7.14. The molecule has 2 aliphatic rings. The SMILES string of the molecule is N#CC1(NC(=O)CN2CCc3ccccc3C2)CCCCCC1. The molecule has 0 atom stereocenters. The van der Waals surface area contributed by atoms with Crippen LogP contribution in [0.3, 0.4) is 0 Å². The highest BCUT2D eigenvalue weighted by Gasteiger charge is 2.33. The first kappa shape index (κ1) is 16.0. The molecule has 1 aliphatic carbocycles. The Kier molecular flexibility index (Phi) is 4.97. The lowest BCUT2D eigenvalue weighted by Gasteiger charge is -2.31. The first-order valence-electron chi connectivity index (χ1n) is 8.72. The van der Waals surface area contributed by atoms with Crippen LogP contribution in [-0.4, -0.2) is 29.4 Å². The number of rotatable bonds is 3. The van der Waals surface area contributed by atoms with E-state index in [9.17, 15) is 10.1 Å². The smallest absolute Gasteiger partial charge is 0.235 e. The van der Waals surface area contributed by atoms with Crippen molar-refractivity contribution in [3.63, 3.8) is 0 Å². The van der Waals surface area contributed by atoms with E-state index in [1.807, 2.05) is 0 Å². The van der Waals surface area contributed by atoms with E-state index in [1.54, 1.807) is 0 Å². The molecule has 1 fully saturated rings. The van der Waals surface area contributed by atoms with Crippen LogP contribution in [0.15, 0.2) is 24.3 Å². The van der Waals surface area contributed by atoms with E-state index in [0.29, 0.717) is 6.54 Å². The minimum absolute atomic E-state index is 0.00664. The van der Waals surface area contributed by atoms with Crippen molar-refractivity contribution in [1.29, 1.82) is 5.26 Å². The Balaban J connectivity index is 1.58. The molecular weight excluding hydrogens is 286 g/mol. The lowest BCUT2D eigenvalue weighted by Crippen LogP contribution is -2.50. The minimum Gasteiger partial charge on any atom is -0.337 e. The fourth-order valence-electron chi connectivity index (χ4n) is 3.80. The molecule has 23 heavy (non-hydrogen) atoms. The van der Waals surface area contributed by atoms with Crippen LogP contribution in [0.25, 0.3) is 0 Å². The van der Waals surface area contributed by atoms with Gasteiger partial charge >= 0.3 is 0 Å². The molecule has 1 heterocycles. The second-order valence-electron chi connectivity index (χ2n) is 6.89. The molecule has 4 nitrogen and oxygen atoms in total. The summed E-state index contributed by atoms with van der Waals surface area (Å²) in [5.74, 6) is -0.00664. The monoisotopic (exact) mass is 311 g/mol. The van der Waals surface area contributed by atoms with Crippen molar-refractivity contribution in [2.75, 3.05) is 13.1 Å². The summed E-state index contributed by atoms with van der Waals surface area (Å²) < 4.78 is 0. The summed E-state index contributed by atoms with van der Waals surface area (Å²) in [5, 5.41) is 12.6. The molecule has 1 aromatic rings. The molecule has 1 N–H and O–H groups in total. The zero-order valence-electron chi connectivity index (χ0n) is 13.7. The third-order valence-electron chi connectivity index (χ3n) is 5.13. The highest BCUT2D eigenvalue weighted by molar-refractivity contribution is 5.79. The predicted octanol–water partition coefficient (Wildman–Crippen LogP) is 2.78. The van der Waals surface area contributed by atoms with Crippen molar-refractivity contribution >= 4 is 5.91 Å². The Hall–Kier alpha value is -1.86. The molecule has 1 saturated carbocycles. The van der Waals surface area contributed by atoms with Crippen LogP contribution in [0, 0.1) is 11.3 Å².